The molecule has 2 aromatic rings. The summed E-state index contributed by atoms with van der Waals surface area (Å²) in [7, 11) is 0. The summed E-state index contributed by atoms with van der Waals surface area (Å²) in [5.41, 5.74) is 8.60. The number of benzene rings is 2. The van der Waals surface area contributed by atoms with Crippen molar-refractivity contribution in [2.45, 2.75) is 13.5 Å². The molecule has 1 aliphatic rings. The van der Waals surface area contributed by atoms with E-state index in [1.54, 1.807) is 0 Å². The SMILES string of the molecule is Cc1c(C(=O)O)cccc1C(=O)O.NCc1ccccc1N1CCNCC1. The molecule has 0 unspecified atom stereocenters. The number of nitrogens with one attached hydrogen (secondary N) is 1. The summed E-state index contributed by atoms with van der Waals surface area (Å²) in [5, 5.41) is 20.7. The number of para-hydroxylation sites is 1. The third kappa shape index (κ3) is 5.29. The highest BCUT2D eigenvalue weighted by molar-refractivity contribution is 5.96. The van der Waals surface area contributed by atoms with Crippen LogP contribution in [0.3, 0.4) is 0 Å². The van der Waals surface area contributed by atoms with Gasteiger partial charge in [0.1, 0.15) is 0 Å². The van der Waals surface area contributed by atoms with E-state index in [2.05, 4.69) is 28.4 Å². The van der Waals surface area contributed by atoms with Crippen LogP contribution in [0.15, 0.2) is 42.5 Å². The highest BCUT2D eigenvalue weighted by atomic mass is 16.4. The summed E-state index contributed by atoms with van der Waals surface area (Å²) >= 11 is 0. The molecular formula is C20H25N3O4. The van der Waals surface area contributed by atoms with Gasteiger partial charge in [-0.3, -0.25) is 0 Å². The molecule has 0 bridgehead atoms. The van der Waals surface area contributed by atoms with Crippen molar-refractivity contribution in [3.8, 4) is 0 Å². The monoisotopic (exact) mass is 371 g/mol. The van der Waals surface area contributed by atoms with E-state index in [0.29, 0.717) is 6.54 Å². The predicted molar refractivity (Wildman–Crippen MR) is 105 cm³/mol. The van der Waals surface area contributed by atoms with Crippen LogP contribution in [0.2, 0.25) is 0 Å². The first-order valence-electron chi connectivity index (χ1n) is 8.75. The molecule has 0 spiro atoms. The molecule has 3 rings (SSSR count). The Bertz CT molecular complexity index is 769. The molecule has 0 aromatic heterocycles. The Kier molecular flexibility index (Phi) is 7.34. The molecule has 1 aliphatic heterocycles. The fraction of sp³-hybridized carbons (Fsp3) is 0.300. The molecule has 144 valence electrons. The van der Waals surface area contributed by atoms with Gasteiger partial charge in [0.2, 0.25) is 0 Å². The van der Waals surface area contributed by atoms with E-state index in [1.807, 2.05) is 6.07 Å². The van der Waals surface area contributed by atoms with Crippen LogP contribution in [0, 0.1) is 6.92 Å². The molecule has 7 nitrogen and oxygen atoms in total. The van der Waals surface area contributed by atoms with Crippen LogP contribution >= 0.6 is 0 Å². The van der Waals surface area contributed by atoms with Crippen molar-refractivity contribution in [3.05, 3.63) is 64.7 Å². The number of carboxylic acid groups (broad SMARTS) is 2. The predicted octanol–water partition coefficient (Wildman–Crippen LogP) is 1.95. The van der Waals surface area contributed by atoms with Gasteiger partial charge in [0, 0.05) is 38.4 Å². The molecule has 0 saturated carbocycles. The number of nitrogens with zero attached hydrogens (tertiary/aromatic N) is 1. The van der Waals surface area contributed by atoms with Crippen LogP contribution < -0.4 is 16.0 Å². The van der Waals surface area contributed by atoms with Crippen molar-refractivity contribution in [1.29, 1.82) is 0 Å². The standard InChI is InChI=1S/C11H17N3.C9H8O4/c12-9-10-3-1-2-4-11(10)14-7-5-13-6-8-14;1-5-6(8(10)11)3-2-4-7(5)9(12)13/h1-4,13H,5-9,12H2;2-4H,1H3,(H,10,11)(H,12,13). The Morgan fingerprint density at radius 3 is 2.07 bits per heavy atom. The Labute approximate surface area is 158 Å². The van der Waals surface area contributed by atoms with Gasteiger partial charge in [0.05, 0.1) is 11.1 Å². The van der Waals surface area contributed by atoms with Crippen molar-refractivity contribution in [2.75, 3.05) is 31.1 Å². The first kappa shape index (κ1) is 20.4. The Morgan fingerprint density at radius 1 is 1.00 bits per heavy atom. The third-order valence-corrected chi connectivity index (χ3v) is 4.46. The summed E-state index contributed by atoms with van der Waals surface area (Å²) in [6.07, 6.45) is 0. The minimum atomic E-state index is -1.11. The maximum Gasteiger partial charge on any atom is 0.335 e. The van der Waals surface area contributed by atoms with Gasteiger partial charge in [-0.05, 0) is 36.2 Å². The summed E-state index contributed by atoms with van der Waals surface area (Å²) in [5.74, 6) is -2.22. The van der Waals surface area contributed by atoms with E-state index >= 15 is 0 Å². The van der Waals surface area contributed by atoms with Gasteiger partial charge in [0.25, 0.3) is 0 Å². The van der Waals surface area contributed by atoms with Crippen molar-refractivity contribution in [2.24, 2.45) is 5.73 Å². The quantitative estimate of drug-likeness (QED) is 0.649. The summed E-state index contributed by atoms with van der Waals surface area (Å²) in [6, 6.07) is 12.6. The first-order valence-corrected chi connectivity index (χ1v) is 8.75. The molecule has 27 heavy (non-hydrogen) atoms. The van der Waals surface area contributed by atoms with E-state index in [1.165, 1.54) is 36.4 Å². The van der Waals surface area contributed by atoms with Crippen LogP contribution in [0.4, 0.5) is 5.69 Å². The van der Waals surface area contributed by atoms with Crippen LogP contribution in [0.5, 0.6) is 0 Å². The van der Waals surface area contributed by atoms with Gasteiger partial charge in [-0.2, -0.15) is 0 Å². The number of carboxylic acids is 2. The molecule has 0 radical (unpaired) electrons. The van der Waals surface area contributed by atoms with E-state index < -0.39 is 11.9 Å². The van der Waals surface area contributed by atoms with Crippen molar-refractivity contribution in [3.63, 3.8) is 0 Å². The number of hydrogen-bond donors (Lipinski definition) is 4. The molecule has 7 heteroatoms. The van der Waals surface area contributed by atoms with Gasteiger partial charge in [-0.1, -0.05) is 24.3 Å². The number of anilines is 1. The molecule has 1 fully saturated rings. The highest BCUT2D eigenvalue weighted by Crippen LogP contribution is 2.19. The lowest BCUT2D eigenvalue weighted by Crippen LogP contribution is -2.43. The van der Waals surface area contributed by atoms with Gasteiger partial charge in [0.15, 0.2) is 0 Å². The van der Waals surface area contributed by atoms with Gasteiger partial charge in [-0.25, -0.2) is 9.59 Å². The van der Waals surface area contributed by atoms with E-state index in [0.717, 1.165) is 26.2 Å². The largest absolute Gasteiger partial charge is 0.478 e. The minimum absolute atomic E-state index is 0.0277. The highest BCUT2D eigenvalue weighted by Gasteiger charge is 2.14. The smallest absolute Gasteiger partial charge is 0.335 e. The zero-order chi connectivity index (χ0) is 19.8. The Hall–Kier alpha value is -2.90. The van der Waals surface area contributed by atoms with Crippen LogP contribution in [0.25, 0.3) is 0 Å². The molecule has 5 N–H and O–H groups in total. The summed E-state index contributed by atoms with van der Waals surface area (Å²) in [4.78, 5) is 23.6. The van der Waals surface area contributed by atoms with Gasteiger partial charge >= 0.3 is 11.9 Å². The summed E-state index contributed by atoms with van der Waals surface area (Å²) < 4.78 is 0. The zero-order valence-corrected chi connectivity index (χ0v) is 15.3. The van der Waals surface area contributed by atoms with Crippen LogP contribution in [-0.2, 0) is 6.54 Å². The third-order valence-electron chi connectivity index (χ3n) is 4.46. The van der Waals surface area contributed by atoms with Gasteiger partial charge in [-0.15, -0.1) is 0 Å². The minimum Gasteiger partial charge on any atom is -0.478 e. The lowest BCUT2D eigenvalue weighted by Gasteiger charge is -2.30. The molecular weight excluding hydrogens is 346 g/mol. The second kappa shape index (κ2) is 9.70. The Morgan fingerprint density at radius 2 is 1.56 bits per heavy atom. The fourth-order valence-corrected chi connectivity index (χ4v) is 3.00. The molecule has 1 saturated heterocycles. The molecule has 1 heterocycles. The van der Waals surface area contributed by atoms with Crippen LogP contribution in [0.1, 0.15) is 31.8 Å². The van der Waals surface area contributed by atoms with Crippen molar-refractivity contribution >= 4 is 17.6 Å². The van der Waals surface area contributed by atoms with Crippen molar-refractivity contribution in [1.82, 2.24) is 5.32 Å². The normalized spacial score (nSPS) is 13.5. The number of piperazine rings is 1. The fourth-order valence-electron chi connectivity index (χ4n) is 3.00. The van der Waals surface area contributed by atoms with Crippen molar-refractivity contribution < 1.29 is 19.8 Å². The second-order valence-electron chi connectivity index (χ2n) is 6.16. The topological polar surface area (TPSA) is 116 Å². The maximum atomic E-state index is 10.6. The maximum absolute atomic E-state index is 10.6. The number of rotatable bonds is 4. The Balaban J connectivity index is 0.000000194. The number of hydrogen-bond acceptors (Lipinski definition) is 5. The van der Waals surface area contributed by atoms with E-state index in [4.69, 9.17) is 15.9 Å². The number of carbonyl (C=O) groups is 2. The van der Waals surface area contributed by atoms with E-state index in [-0.39, 0.29) is 16.7 Å². The van der Waals surface area contributed by atoms with Gasteiger partial charge < -0.3 is 26.2 Å². The molecule has 0 aliphatic carbocycles. The average Bonchev–Trinajstić information content (AvgIpc) is 2.69. The zero-order valence-electron chi connectivity index (χ0n) is 15.3. The average molecular weight is 371 g/mol. The number of aromatic carboxylic acids is 2. The summed E-state index contributed by atoms with van der Waals surface area (Å²) in [6.45, 7) is 6.40. The molecule has 0 amide bonds. The second-order valence-corrected chi connectivity index (χ2v) is 6.16. The lowest BCUT2D eigenvalue weighted by atomic mass is 10.0. The lowest BCUT2D eigenvalue weighted by molar-refractivity contribution is 0.0696. The van der Waals surface area contributed by atoms with E-state index in [9.17, 15) is 9.59 Å². The molecule has 2 aromatic carbocycles. The molecule has 0 atom stereocenters. The first-order chi connectivity index (χ1) is 13.0. The van der Waals surface area contributed by atoms with Crippen LogP contribution in [-0.4, -0.2) is 48.3 Å². The number of nitrogens with two attached hydrogens (primary N) is 1.